The van der Waals surface area contributed by atoms with Crippen LogP contribution in [0.5, 0.6) is 0 Å². The molecule has 58 valence electrons. The summed E-state index contributed by atoms with van der Waals surface area (Å²) < 4.78 is 0. The van der Waals surface area contributed by atoms with E-state index < -0.39 is 0 Å². The second-order valence-electron chi connectivity index (χ2n) is 1.99. The Morgan fingerprint density at radius 2 is 1.91 bits per heavy atom. The third-order valence-electron chi connectivity index (χ3n) is 1.27. The van der Waals surface area contributed by atoms with Gasteiger partial charge >= 0.3 is 0 Å². The molecule has 0 saturated carbocycles. The van der Waals surface area contributed by atoms with Gasteiger partial charge in [0.1, 0.15) is 0 Å². The summed E-state index contributed by atoms with van der Waals surface area (Å²) in [5, 5.41) is 0.443. The SMILES string of the molecule is Nc1ccc(C=O)c(Cl)c1Cl. The minimum absolute atomic E-state index is 0.210. The molecular weight excluding hydrogens is 185 g/mol. The minimum atomic E-state index is 0.210. The number of hydrogen-bond donors (Lipinski definition) is 1. The van der Waals surface area contributed by atoms with Crippen molar-refractivity contribution in [3.63, 3.8) is 0 Å². The van der Waals surface area contributed by atoms with E-state index in [1.807, 2.05) is 0 Å². The van der Waals surface area contributed by atoms with Crippen molar-refractivity contribution in [3.05, 3.63) is 27.7 Å². The van der Waals surface area contributed by atoms with Crippen LogP contribution in [0.4, 0.5) is 5.69 Å². The van der Waals surface area contributed by atoms with Crippen LogP contribution in [0, 0.1) is 0 Å². The average molecular weight is 190 g/mol. The summed E-state index contributed by atoms with van der Waals surface area (Å²) in [4.78, 5) is 10.3. The standard InChI is InChI=1S/C7H5Cl2NO/c8-6-4(3-11)1-2-5(10)7(6)9/h1-3H,10H2. The molecule has 0 aliphatic rings. The van der Waals surface area contributed by atoms with Gasteiger partial charge in [0.05, 0.1) is 15.7 Å². The average Bonchev–Trinajstić information content (AvgIpc) is 2.01. The molecule has 0 aliphatic heterocycles. The number of hydrogen-bond acceptors (Lipinski definition) is 2. The number of aldehydes is 1. The van der Waals surface area contributed by atoms with Crippen molar-refractivity contribution in [3.8, 4) is 0 Å². The molecule has 2 N–H and O–H groups in total. The molecule has 0 spiro atoms. The third kappa shape index (κ3) is 1.47. The molecule has 0 heterocycles. The van der Waals surface area contributed by atoms with Gasteiger partial charge in [0.2, 0.25) is 0 Å². The van der Waals surface area contributed by atoms with Gasteiger partial charge in [-0.25, -0.2) is 0 Å². The molecule has 1 aromatic rings. The Balaban J connectivity index is 3.36. The van der Waals surface area contributed by atoms with Crippen LogP contribution in [-0.2, 0) is 0 Å². The van der Waals surface area contributed by atoms with Gasteiger partial charge in [-0.1, -0.05) is 23.2 Å². The van der Waals surface area contributed by atoms with Crippen LogP contribution < -0.4 is 5.73 Å². The van der Waals surface area contributed by atoms with Gasteiger partial charge < -0.3 is 5.73 Å². The molecule has 0 unspecified atom stereocenters. The fourth-order valence-electron chi connectivity index (χ4n) is 0.670. The van der Waals surface area contributed by atoms with E-state index in [-0.39, 0.29) is 10.0 Å². The molecule has 0 amide bonds. The van der Waals surface area contributed by atoms with Crippen molar-refractivity contribution in [2.45, 2.75) is 0 Å². The Hall–Kier alpha value is -0.730. The second kappa shape index (κ2) is 3.11. The van der Waals surface area contributed by atoms with Crippen molar-refractivity contribution < 1.29 is 4.79 Å². The number of carbonyl (C=O) groups is 1. The Kier molecular flexibility index (Phi) is 2.37. The molecule has 1 aromatic carbocycles. The van der Waals surface area contributed by atoms with E-state index >= 15 is 0 Å². The zero-order chi connectivity index (χ0) is 8.43. The van der Waals surface area contributed by atoms with E-state index in [2.05, 4.69) is 0 Å². The van der Waals surface area contributed by atoms with Crippen LogP contribution in [0.1, 0.15) is 10.4 Å². The number of anilines is 1. The predicted octanol–water partition coefficient (Wildman–Crippen LogP) is 2.39. The predicted molar refractivity (Wildman–Crippen MR) is 46.3 cm³/mol. The summed E-state index contributed by atoms with van der Waals surface area (Å²) in [5.74, 6) is 0. The van der Waals surface area contributed by atoms with Gasteiger partial charge in [-0.15, -0.1) is 0 Å². The first-order valence-corrected chi connectivity index (χ1v) is 3.61. The van der Waals surface area contributed by atoms with Crippen LogP contribution >= 0.6 is 23.2 Å². The minimum Gasteiger partial charge on any atom is -0.397 e. The summed E-state index contributed by atoms with van der Waals surface area (Å²) in [6.45, 7) is 0. The lowest BCUT2D eigenvalue weighted by atomic mass is 10.2. The van der Waals surface area contributed by atoms with Crippen molar-refractivity contribution in [1.29, 1.82) is 0 Å². The lowest BCUT2D eigenvalue weighted by Gasteiger charge is -2.01. The Morgan fingerprint density at radius 1 is 1.27 bits per heavy atom. The highest BCUT2D eigenvalue weighted by molar-refractivity contribution is 6.44. The molecule has 0 fully saturated rings. The highest BCUT2D eigenvalue weighted by Gasteiger charge is 2.05. The highest BCUT2D eigenvalue weighted by atomic mass is 35.5. The first-order chi connectivity index (χ1) is 5.16. The first-order valence-electron chi connectivity index (χ1n) is 2.85. The monoisotopic (exact) mass is 189 g/mol. The molecule has 1 rings (SSSR count). The quantitative estimate of drug-likeness (QED) is 0.545. The van der Waals surface area contributed by atoms with E-state index in [9.17, 15) is 4.79 Å². The fourth-order valence-corrected chi connectivity index (χ4v) is 1.06. The Labute approximate surface area is 73.9 Å². The van der Waals surface area contributed by atoms with Crippen molar-refractivity contribution in [2.75, 3.05) is 5.73 Å². The van der Waals surface area contributed by atoms with Crippen LogP contribution in [0.2, 0.25) is 10.0 Å². The number of nitrogen functional groups attached to an aromatic ring is 1. The first kappa shape index (κ1) is 8.37. The lowest BCUT2D eigenvalue weighted by Crippen LogP contribution is -1.89. The van der Waals surface area contributed by atoms with Gasteiger partial charge in [-0.2, -0.15) is 0 Å². The summed E-state index contributed by atoms with van der Waals surface area (Å²) >= 11 is 11.3. The van der Waals surface area contributed by atoms with Crippen LogP contribution in [0.15, 0.2) is 12.1 Å². The number of rotatable bonds is 1. The van der Waals surface area contributed by atoms with Gasteiger partial charge in [-0.3, -0.25) is 4.79 Å². The van der Waals surface area contributed by atoms with Crippen LogP contribution in [-0.4, -0.2) is 6.29 Å². The number of halogens is 2. The van der Waals surface area contributed by atoms with E-state index in [1.165, 1.54) is 12.1 Å². The largest absolute Gasteiger partial charge is 0.397 e. The molecule has 2 nitrogen and oxygen atoms in total. The molecule has 11 heavy (non-hydrogen) atoms. The number of benzene rings is 1. The smallest absolute Gasteiger partial charge is 0.151 e. The molecule has 0 bridgehead atoms. The maximum absolute atomic E-state index is 10.3. The van der Waals surface area contributed by atoms with E-state index in [1.54, 1.807) is 0 Å². The maximum Gasteiger partial charge on any atom is 0.151 e. The topological polar surface area (TPSA) is 43.1 Å². The number of carbonyl (C=O) groups excluding carboxylic acids is 1. The highest BCUT2D eigenvalue weighted by Crippen LogP contribution is 2.29. The molecule has 4 heteroatoms. The summed E-state index contributed by atoms with van der Waals surface area (Å²) in [7, 11) is 0. The second-order valence-corrected chi connectivity index (χ2v) is 2.75. The zero-order valence-electron chi connectivity index (χ0n) is 5.47. The van der Waals surface area contributed by atoms with Gasteiger partial charge in [-0.05, 0) is 12.1 Å². The molecule has 0 atom stereocenters. The Bertz CT molecular complexity index is 299. The van der Waals surface area contributed by atoms with E-state index in [0.29, 0.717) is 17.5 Å². The van der Waals surface area contributed by atoms with Gasteiger partial charge in [0.25, 0.3) is 0 Å². The molecule has 0 aromatic heterocycles. The van der Waals surface area contributed by atoms with Gasteiger partial charge in [0, 0.05) is 5.56 Å². The van der Waals surface area contributed by atoms with Gasteiger partial charge in [0.15, 0.2) is 6.29 Å². The van der Waals surface area contributed by atoms with Crippen LogP contribution in [0.3, 0.4) is 0 Å². The molecular formula is C7H5Cl2NO. The Morgan fingerprint density at radius 3 is 2.45 bits per heavy atom. The third-order valence-corrected chi connectivity index (χ3v) is 2.18. The maximum atomic E-state index is 10.3. The zero-order valence-corrected chi connectivity index (χ0v) is 6.99. The summed E-state index contributed by atoms with van der Waals surface area (Å²) in [5.41, 5.74) is 6.14. The fraction of sp³-hybridized carbons (Fsp3) is 0. The van der Waals surface area contributed by atoms with E-state index in [0.717, 1.165) is 0 Å². The van der Waals surface area contributed by atoms with Crippen molar-refractivity contribution in [2.24, 2.45) is 0 Å². The van der Waals surface area contributed by atoms with Crippen LogP contribution in [0.25, 0.3) is 0 Å². The van der Waals surface area contributed by atoms with Crippen molar-refractivity contribution >= 4 is 35.2 Å². The van der Waals surface area contributed by atoms with Crippen molar-refractivity contribution in [1.82, 2.24) is 0 Å². The normalized spacial score (nSPS) is 9.64. The molecule has 0 saturated heterocycles. The summed E-state index contributed by atoms with van der Waals surface area (Å²) in [6.07, 6.45) is 0.633. The summed E-state index contributed by atoms with van der Waals surface area (Å²) in [6, 6.07) is 3.06. The molecule has 0 aliphatic carbocycles. The molecule has 0 radical (unpaired) electrons. The van der Waals surface area contributed by atoms with E-state index in [4.69, 9.17) is 28.9 Å². The lowest BCUT2D eigenvalue weighted by molar-refractivity contribution is 0.112. The number of nitrogens with two attached hydrogens (primary N) is 1.